The minimum absolute atomic E-state index is 0.0422. The standard InChI is InChI=1S/C14H15BrN2O2S/c15-13-6-4-12(5-7-13)11-17-20(18,19)10-8-14-3-1-2-9-16-14/h1-7,9,17H,8,10-11H2. The second-order valence-electron chi connectivity index (χ2n) is 4.34. The van der Waals surface area contributed by atoms with Crippen LogP contribution in [0.2, 0.25) is 0 Å². The molecule has 0 atom stereocenters. The number of hydrogen-bond acceptors (Lipinski definition) is 3. The Labute approximate surface area is 127 Å². The van der Waals surface area contributed by atoms with Crippen LogP contribution in [0, 0.1) is 0 Å². The summed E-state index contributed by atoms with van der Waals surface area (Å²) in [4.78, 5) is 4.11. The summed E-state index contributed by atoms with van der Waals surface area (Å²) in [5, 5.41) is 0. The number of pyridine rings is 1. The van der Waals surface area contributed by atoms with Gasteiger partial charge in [-0.1, -0.05) is 34.1 Å². The lowest BCUT2D eigenvalue weighted by Gasteiger charge is -2.06. The van der Waals surface area contributed by atoms with Crippen molar-refractivity contribution in [1.29, 1.82) is 0 Å². The molecule has 0 spiro atoms. The van der Waals surface area contributed by atoms with Crippen LogP contribution in [-0.2, 0) is 23.0 Å². The average Bonchev–Trinajstić information content (AvgIpc) is 2.46. The Morgan fingerprint density at radius 1 is 1.10 bits per heavy atom. The summed E-state index contributed by atoms with van der Waals surface area (Å²) in [5.74, 6) is 0.0422. The number of aromatic nitrogens is 1. The Morgan fingerprint density at radius 3 is 2.50 bits per heavy atom. The Morgan fingerprint density at radius 2 is 1.85 bits per heavy atom. The van der Waals surface area contributed by atoms with E-state index in [0.717, 1.165) is 15.7 Å². The van der Waals surface area contributed by atoms with Gasteiger partial charge in [0.05, 0.1) is 5.75 Å². The van der Waals surface area contributed by atoms with Crippen molar-refractivity contribution in [2.45, 2.75) is 13.0 Å². The molecule has 0 saturated heterocycles. The van der Waals surface area contributed by atoms with Crippen molar-refractivity contribution in [3.05, 3.63) is 64.4 Å². The molecule has 0 aliphatic carbocycles. The van der Waals surface area contributed by atoms with Gasteiger partial charge in [-0.15, -0.1) is 0 Å². The Bertz CT molecular complexity index is 643. The Balaban J connectivity index is 1.86. The van der Waals surface area contributed by atoms with Crippen molar-refractivity contribution in [2.24, 2.45) is 0 Å². The summed E-state index contributed by atoms with van der Waals surface area (Å²) >= 11 is 3.34. The first kappa shape index (κ1) is 15.2. The molecular weight excluding hydrogens is 340 g/mol. The highest BCUT2D eigenvalue weighted by Gasteiger charge is 2.10. The van der Waals surface area contributed by atoms with Gasteiger partial charge in [-0.25, -0.2) is 13.1 Å². The smallest absolute Gasteiger partial charge is 0.212 e. The van der Waals surface area contributed by atoms with E-state index in [2.05, 4.69) is 25.6 Å². The van der Waals surface area contributed by atoms with Crippen molar-refractivity contribution in [3.63, 3.8) is 0 Å². The molecule has 0 saturated carbocycles. The van der Waals surface area contributed by atoms with Gasteiger partial charge in [0.15, 0.2) is 0 Å². The number of nitrogens with zero attached hydrogens (tertiary/aromatic N) is 1. The molecule has 0 fully saturated rings. The van der Waals surface area contributed by atoms with Crippen LogP contribution in [0.4, 0.5) is 0 Å². The predicted octanol–water partition coefficient (Wildman–Crippen LogP) is 2.51. The summed E-state index contributed by atoms with van der Waals surface area (Å²) in [6.45, 7) is 0.303. The molecule has 6 heteroatoms. The van der Waals surface area contributed by atoms with Crippen LogP contribution in [0.1, 0.15) is 11.3 Å². The first-order valence-electron chi connectivity index (χ1n) is 6.17. The summed E-state index contributed by atoms with van der Waals surface area (Å²) in [6.07, 6.45) is 2.08. The number of aryl methyl sites for hydroxylation is 1. The third-order valence-corrected chi connectivity index (χ3v) is 4.62. The first-order chi connectivity index (χ1) is 9.55. The molecule has 106 valence electrons. The zero-order chi connectivity index (χ0) is 14.4. The predicted molar refractivity (Wildman–Crippen MR) is 82.7 cm³/mol. The fourth-order valence-corrected chi connectivity index (χ4v) is 2.93. The highest BCUT2D eigenvalue weighted by Crippen LogP contribution is 2.10. The van der Waals surface area contributed by atoms with Gasteiger partial charge in [0.1, 0.15) is 0 Å². The van der Waals surface area contributed by atoms with Crippen molar-refractivity contribution in [2.75, 3.05) is 5.75 Å². The highest BCUT2D eigenvalue weighted by molar-refractivity contribution is 9.10. The Kier molecular flexibility index (Phi) is 5.28. The quantitative estimate of drug-likeness (QED) is 0.866. The summed E-state index contributed by atoms with van der Waals surface area (Å²) in [5.41, 5.74) is 1.70. The molecule has 0 amide bonds. The van der Waals surface area contributed by atoms with Gasteiger partial charge >= 0.3 is 0 Å². The molecule has 0 aliphatic rings. The maximum absolute atomic E-state index is 11.9. The fourth-order valence-electron chi connectivity index (χ4n) is 1.65. The second kappa shape index (κ2) is 6.97. The van der Waals surface area contributed by atoms with Gasteiger partial charge < -0.3 is 0 Å². The topological polar surface area (TPSA) is 59.1 Å². The van der Waals surface area contributed by atoms with E-state index in [1.807, 2.05) is 42.5 Å². The lowest BCUT2D eigenvalue weighted by molar-refractivity contribution is 0.580. The SMILES string of the molecule is O=S(=O)(CCc1ccccn1)NCc1ccc(Br)cc1. The molecule has 0 aliphatic heterocycles. The van der Waals surface area contributed by atoms with Crippen LogP contribution in [0.25, 0.3) is 0 Å². The van der Waals surface area contributed by atoms with Gasteiger partial charge in [-0.2, -0.15) is 0 Å². The summed E-state index contributed by atoms with van der Waals surface area (Å²) in [6, 6.07) is 13.0. The lowest BCUT2D eigenvalue weighted by atomic mass is 10.2. The maximum atomic E-state index is 11.9. The molecule has 4 nitrogen and oxygen atoms in total. The third kappa shape index (κ3) is 5.03. The van der Waals surface area contributed by atoms with Crippen LogP contribution in [0.5, 0.6) is 0 Å². The number of rotatable bonds is 6. The number of benzene rings is 1. The van der Waals surface area contributed by atoms with Crippen LogP contribution in [0.15, 0.2) is 53.1 Å². The molecule has 0 radical (unpaired) electrons. The minimum Gasteiger partial charge on any atom is -0.261 e. The molecule has 0 unspecified atom stereocenters. The normalized spacial score (nSPS) is 11.4. The average molecular weight is 355 g/mol. The van der Waals surface area contributed by atoms with Crippen LogP contribution >= 0.6 is 15.9 Å². The molecule has 1 aromatic carbocycles. The fraction of sp³-hybridized carbons (Fsp3) is 0.214. The first-order valence-corrected chi connectivity index (χ1v) is 8.61. The van der Waals surface area contributed by atoms with E-state index >= 15 is 0 Å². The third-order valence-electron chi connectivity index (χ3n) is 2.76. The monoisotopic (exact) mass is 354 g/mol. The van der Waals surface area contributed by atoms with Gasteiger partial charge in [0, 0.05) is 29.3 Å². The zero-order valence-electron chi connectivity index (χ0n) is 10.8. The van der Waals surface area contributed by atoms with Crippen molar-refractivity contribution >= 4 is 26.0 Å². The maximum Gasteiger partial charge on any atom is 0.212 e. The van der Waals surface area contributed by atoms with Crippen molar-refractivity contribution in [3.8, 4) is 0 Å². The van der Waals surface area contributed by atoms with Crippen LogP contribution in [0.3, 0.4) is 0 Å². The van der Waals surface area contributed by atoms with E-state index in [0.29, 0.717) is 13.0 Å². The van der Waals surface area contributed by atoms with E-state index in [4.69, 9.17) is 0 Å². The van der Waals surface area contributed by atoms with Crippen LogP contribution < -0.4 is 4.72 Å². The number of nitrogens with one attached hydrogen (secondary N) is 1. The molecule has 20 heavy (non-hydrogen) atoms. The molecule has 1 heterocycles. The molecular formula is C14H15BrN2O2S. The Hall–Kier alpha value is -1.24. The molecule has 1 aromatic heterocycles. The summed E-state index contributed by atoms with van der Waals surface area (Å²) in [7, 11) is -3.29. The van der Waals surface area contributed by atoms with E-state index in [1.165, 1.54) is 0 Å². The van der Waals surface area contributed by atoms with Crippen LogP contribution in [-0.4, -0.2) is 19.2 Å². The van der Waals surface area contributed by atoms with Gasteiger partial charge in [0.2, 0.25) is 10.0 Å². The van der Waals surface area contributed by atoms with Gasteiger partial charge in [-0.3, -0.25) is 4.98 Å². The second-order valence-corrected chi connectivity index (χ2v) is 7.18. The molecule has 2 aromatic rings. The van der Waals surface area contributed by atoms with Gasteiger partial charge in [0.25, 0.3) is 0 Å². The van der Waals surface area contributed by atoms with Gasteiger partial charge in [-0.05, 0) is 29.8 Å². The minimum atomic E-state index is -3.29. The molecule has 1 N–H and O–H groups in total. The molecule has 2 rings (SSSR count). The van der Waals surface area contributed by atoms with E-state index in [9.17, 15) is 8.42 Å². The van der Waals surface area contributed by atoms with E-state index in [1.54, 1.807) is 6.20 Å². The van der Waals surface area contributed by atoms with Crippen molar-refractivity contribution < 1.29 is 8.42 Å². The van der Waals surface area contributed by atoms with E-state index in [-0.39, 0.29) is 5.75 Å². The molecule has 0 bridgehead atoms. The number of halogens is 1. The zero-order valence-corrected chi connectivity index (χ0v) is 13.2. The number of hydrogen-bond donors (Lipinski definition) is 1. The van der Waals surface area contributed by atoms with E-state index < -0.39 is 10.0 Å². The lowest BCUT2D eigenvalue weighted by Crippen LogP contribution is -2.27. The summed E-state index contributed by atoms with van der Waals surface area (Å²) < 4.78 is 27.4. The van der Waals surface area contributed by atoms with Crippen molar-refractivity contribution in [1.82, 2.24) is 9.71 Å². The highest BCUT2D eigenvalue weighted by atomic mass is 79.9. The number of sulfonamides is 1. The largest absolute Gasteiger partial charge is 0.261 e.